The van der Waals surface area contributed by atoms with E-state index in [4.69, 9.17) is 5.11 Å². The molecule has 0 aromatic carbocycles. The van der Waals surface area contributed by atoms with Crippen LogP contribution in [-0.4, -0.2) is 22.6 Å². The number of aliphatic hydroxyl groups excluding tert-OH is 2. The van der Waals surface area contributed by atoms with Crippen LogP contribution in [0.25, 0.3) is 0 Å². The number of carbonyl (C=O) groups excluding carboxylic acids is 1. The lowest BCUT2D eigenvalue weighted by Gasteiger charge is -2.28. The minimum atomic E-state index is -0.377. The molecule has 0 aliphatic heterocycles. The smallest absolute Gasteiger partial charge is 0.222 e. The quantitative estimate of drug-likeness (QED) is 0.770. The molecule has 0 unspecified atom stereocenters. The second kappa shape index (κ2) is 7.85. The number of rotatable bonds is 3. The summed E-state index contributed by atoms with van der Waals surface area (Å²) in [5, 5.41) is 18.4. The first-order valence-electron chi connectivity index (χ1n) is 6.93. The molecule has 20 heavy (non-hydrogen) atoms. The van der Waals surface area contributed by atoms with Crippen LogP contribution >= 0.6 is 0 Å². The number of Topliss-reactive ketones (excluding diaryl/α,β-unsaturated/α-hetero) is 1. The fraction of sp³-hybridized carbons (Fsp3) is 0.471. The van der Waals surface area contributed by atoms with E-state index in [0.717, 1.165) is 11.1 Å². The van der Waals surface area contributed by atoms with Crippen LogP contribution in [0.2, 0.25) is 0 Å². The maximum Gasteiger partial charge on any atom is 0.222 e. The molecule has 0 bridgehead atoms. The van der Waals surface area contributed by atoms with Crippen LogP contribution < -0.4 is 0 Å². The Labute approximate surface area is 122 Å². The van der Waals surface area contributed by atoms with Gasteiger partial charge in [0.1, 0.15) is 0 Å². The fourth-order valence-corrected chi connectivity index (χ4v) is 2.05. The molecule has 112 valence electrons. The van der Waals surface area contributed by atoms with Gasteiger partial charge in [-0.3, -0.25) is 4.79 Å². The van der Waals surface area contributed by atoms with Crippen LogP contribution in [0.15, 0.2) is 46.8 Å². The zero-order valence-corrected chi connectivity index (χ0v) is 13.3. The molecule has 0 saturated carbocycles. The lowest BCUT2D eigenvalue weighted by Crippen LogP contribution is -2.23. The van der Waals surface area contributed by atoms with E-state index in [1.165, 1.54) is 0 Å². The highest BCUT2D eigenvalue weighted by Gasteiger charge is 2.30. The number of hydrogen-bond donors (Lipinski definition) is 2. The molecule has 0 saturated heterocycles. The van der Waals surface area contributed by atoms with E-state index >= 15 is 0 Å². The third-order valence-electron chi connectivity index (χ3n) is 3.10. The molecular formula is C17H26O3. The molecule has 0 fully saturated rings. The van der Waals surface area contributed by atoms with E-state index in [-0.39, 0.29) is 23.6 Å². The van der Waals surface area contributed by atoms with Crippen molar-refractivity contribution in [2.24, 2.45) is 5.41 Å². The van der Waals surface area contributed by atoms with Crippen molar-refractivity contribution in [3.05, 3.63) is 46.8 Å². The van der Waals surface area contributed by atoms with Gasteiger partial charge in [0, 0.05) is 11.0 Å². The molecule has 1 rings (SSSR count). The van der Waals surface area contributed by atoms with Gasteiger partial charge in [-0.05, 0) is 25.5 Å². The molecule has 3 heteroatoms. The molecule has 0 aromatic rings. The fourth-order valence-electron chi connectivity index (χ4n) is 2.05. The van der Waals surface area contributed by atoms with E-state index in [9.17, 15) is 9.90 Å². The average Bonchev–Trinajstić information content (AvgIpc) is 2.38. The third-order valence-corrected chi connectivity index (χ3v) is 3.10. The van der Waals surface area contributed by atoms with Crippen molar-refractivity contribution in [2.45, 2.75) is 41.5 Å². The number of allylic oxidation sites excluding steroid dienone is 6. The highest BCUT2D eigenvalue weighted by molar-refractivity contribution is 6.08. The van der Waals surface area contributed by atoms with Gasteiger partial charge in [-0.15, -0.1) is 0 Å². The molecule has 0 heterocycles. The summed E-state index contributed by atoms with van der Waals surface area (Å²) in [7, 11) is 0. The molecule has 2 N–H and O–H groups in total. The second-order valence-electron chi connectivity index (χ2n) is 5.08. The van der Waals surface area contributed by atoms with Gasteiger partial charge in [0.2, 0.25) is 5.78 Å². The van der Waals surface area contributed by atoms with Crippen molar-refractivity contribution in [3.63, 3.8) is 0 Å². The summed E-state index contributed by atoms with van der Waals surface area (Å²) in [5.41, 5.74) is 2.00. The van der Waals surface area contributed by atoms with Crippen molar-refractivity contribution in [2.75, 3.05) is 6.61 Å². The summed E-state index contributed by atoms with van der Waals surface area (Å²) in [6.45, 7) is 11.5. The van der Waals surface area contributed by atoms with E-state index in [0.29, 0.717) is 5.57 Å². The first-order valence-corrected chi connectivity index (χ1v) is 6.93. The first kappa shape index (κ1) is 18.4. The topological polar surface area (TPSA) is 57.5 Å². The van der Waals surface area contributed by atoms with Crippen molar-refractivity contribution >= 4 is 5.78 Å². The van der Waals surface area contributed by atoms with Crippen LogP contribution in [0.5, 0.6) is 0 Å². The average molecular weight is 278 g/mol. The van der Waals surface area contributed by atoms with Gasteiger partial charge in [-0.2, -0.15) is 0 Å². The van der Waals surface area contributed by atoms with Crippen molar-refractivity contribution in [3.8, 4) is 0 Å². The second-order valence-corrected chi connectivity index (χ2v) is 5.08. The number of aliphatic hydroxyl groups is 2. The summed E-state index contributed by atoms with van der Waals surface area (Å²) in [5.74, 6) is -0.505. The summed E-state index contributed by atoms with van der Waals surface area (Å²) in [6, 6.07) is 0. The van der Waals surface area contributed by atoms with Crippen molar-refractivity contribution in [1.29, 1.82) is 0 Å². The number of carbonyl (C=O) groups is 1. The van der Waals surface area contributed by atoms with Crippen LogP contribution in [0, 0.1) is 5.41 Å². The highest BCUT2D eigenvalue weighted by Crippen LogP contribution is 2.37. The predicted molar refractivity (Wildman–Crippen MR) is 83.5 cm³/mol. The van der Waals surface area contributed by atoms with Crippen LogP contribution in [0.1, 0.15) is 41.5 Å². The van der Waals surface area contributed by atoms with Gasteiger partial charge in [-0.1, -0.05) is 51.5 Å². The monoisotopic (exact) mass is 278 g/mol. The van der Waals surface area contributed by atoms with Crippen molar-refractivity contribution in [1.82, 2.24) is 0 Å². The van der Waals surface area contributed by atoms with E-state index < -0.39 is 0 Å². The Morgan fingerprint density at radius 3 is 2.40 bits per heavy atom. The molecule has 0 aromatic heterocycles. The maximum absolute atomic E-state index is 11.7. The van der Waals surface area contributed by atoms with Gasteiger partial charge in [0.15, 0.2) is 5.76 Å². The lowest BCUT2D eigenvalue weighted by atomic mass is 9.76. The molecule has 0 radical (unpaired) electrons. The summed E-state index contributed by atoms with van der Waals surface area (Å²) < 4.78 is 0. The number of ketones is 1. The van der Waals surface area contributed by atoms with Gasteiger partial charge < -0.3 is 10.2 Å². The Morgan fingerprint density at radius 2 is 1.90 bits per heavy atom. The molecule has 0 amide bonds. The van der Waals surface area contributed by atoms with Crippen LogP contribution in [0.4, 0.5) is 0 Å². The van der Waals surface area contributed by atoms with Gasteiger partial charge >= 0.3 is 0 Å². The molecule has 1 aliphatic carbocycles. The van der Waals surface area contributed by atoms with Crippen LogP contribution in [0.3, 0.4) is 0 Å². The largest absolute Gasteiger partial charge is 0.504 e. The minimum Gasteiger partial charge on any atom is -0.504 e. The van der Waals surface area contributed by atoms with E-state index in [2.05, 4.69) is 0 Å². The molecule has 1 aliphatic rings. The van der Waals surface area contributed by atoms with Gasteiger partial charge in [-0.25, -0.2) is 0 Å². The first-order chi connectivity index (χ1) is 9.29. The van der Waals surface area contributed by atoms with Gasteiger partial charge in [0.05, 0.1) is 6.61 Å². The minimum absolute atomic E-state index is 0.00276. The Balaban J connectivity index is 0.00000172. The summed E-state index contributed by atoms with van der Waals surface area (Å²) in [4.78, 5) is 11.7. The summed E-state index contributed by atoms with van der Waals surface area (Å²) in [6.07, 6.45) is 7.00. The third kappa shape index (κ3) is 4.49. The molecular weight excluding hydrogens is 252 g/mol. The Kier molecular flexibility index (Phi) is 7.22. The zero-order valence-electron chi connectivity index (χ0n) is 13.3. The molecule has 3 nitrogen and oxygen atoms in total. The standard InChI is InChI=1S/C15H20O3.C2H6/c1-10(7-8-16)5-6-12-11(2)14(18)13(17)9-15(12,3)4;1-2/h5-7,9,16-17H,8H2,1-4H3;1-2H3/b6-5+,10-7+;. The van der Waals surface area contributed by atoms with E-state index in [1.807, 2.05) is 46.8 Å². The lowest BCUT2D eigenvalue weighted by molar-refractivity contribution is -0.114. The van der Waals surface area contributed by atoms with Crippen LogP contribution in [-0.2, 0) is 4.79 Å². The SMILES string of the molecule is CC.CC1=C(/C=C/C(C)=C/CO)C(C)(C)C=C(O)C1=O. The molecule has 0 atom stereocenters. The van der Waals surface area contributed by atoms with Gasteiger partial charge in [0.25, 0.3) is 0 Å². The number of hydrogen-bond acceptors (Lipinski definition) is 3. The zero-order chi connectivity index (χ0) is 15.9. The summed E-state index contributed by atoms with van der Waals surface area (Å²) >= 11 is 0. The Bertz CT molecular complexity index is 474. The predicted octanol–water partition coefficient (Wildman–Crippen LogP) is 3.87. The normalized spacial score (nSPS) is 18.9. The Morgan fingerprint density at radius 1 is 1.35 bits per heavy atom. The highest BCUT2D eigenvalue weighted by atomic mass is 16.3. The van der Waals surface area contributed by atoms with E-state index in [1.54, 1.807) is 19.1 Å². The Hall–Kier alpha value is -1.61. The van der Waals surface area contributed by atoms with Crippen molar-refractivity contribution < 1.29 is 15.0 Å². The maximum atomic E-state index is 11.7. The molecule has 0 spiro atoms.